The number of hydrogen-bond acceptors (Lipinski definition) is 6. The van der Waals surface area contributed by atoms with Crippen molar-refractivity contribution < 1.29 is 41.9 Å². The molecule has 0 radical (unpaired) electrons. The van der Waals surface area contributed by atoms with E-state index in [0.717, 1.165) is 12.8 Å². The van der Waals surface area contributed by atoms with Gasteiger partial charge in [-0.1, -0.05) is 34.6 Å². The van der Waals surface area contributed by atoms with Crippen LogP contribution in [0.25, 0.3) is 0 Å². The number of hydrogen-bond donors (Lipinski definition) is 4. The molecule has 4 N–H and O–H groups in total. The van der Waals surface area contributed by atoms with Gasteiger partial charge in [-0.05, 0) is 54.8 Å². The number of ketones is 1. The first-order valence-electron chi connectivity index (χ1n) is 14.4. The highest BCUT2D eigenvalue weighted by Crippen LogP contribution is 2.65. The molecule has 2 saturated heterocycles. The number of nitrogens with zero attached hydrogens (tertiary/aromatic N) is 1. The predicted octanol–water partition coefficient (Wildman–Crippen LogP) is 0.811. The zero-order valence-electron chi connectivity index (χ0n) is 24.5. The van der Waals surface area contributed by atoms with Crippen molar-refractivity contribution in [3.8, 4) is 0 Å². The second-order valence-corrected chi connectivity index (χ2v) is 13.7. The molecule has 2 aliphatic carbocycles. The monoisotopic (exact) mass is 599 g/mol. The molecule has 6 atom stereocenters. The first kappa shape index (κ1) is 31.7. The standard InChI is InChI=1S/C28H40F3N5O6/c1-26(2,3)20(35-25(42)28(29,30)31)24(41)36-12-15-17(27(15,4)5)18(36)22(39)34-16(11-13-7-6-10-32-21(13)38)19(37)23(40)33-14-8-9-14/h13-18,20H,6-12H2,1-5H3,(H,32,38)(H,33,40)(H,34,39)(H,35,42)/t13-,15+,16?,17+,18+,20-/m1/s1. The molecule has 1 unspecified atom stereocenters. The van der Waals surface area contributed by atoms with Crippen LogP contribution >= 0.6 is 0 Å². The number of carbonyl (C=O) groups is 6. The molecular formula is C28H40F3N5O6. The molecule has 0 spiro atoms. The number of carbonyl (C=O) groups excluding carboxylic acids is 6. The number of alkyl halides is 3. The van der Waals surface area contributed by atoms with E-state index in [0.29, 0.717) is 19.4 Å². The van der Waals surface area contributed by atoms with Crippen LogP contribution in [0.15, 0.2) is 0 Å². The van der Waals surface area contributed by atoms with Gasteiger partial charge in [-0.15, -0.1) is 0 Å². The average molecular weight is 600 g/mol. The average Bonchev–Trinajstić information content (AvgIpc) is 3.73. The third kappa shape index (κ3) is 6.56. The van der Waals surface area contributed by atoms with E-state index in [9.17, 15) is 41.9 Å². The van der Waals surface area contributed by atoms with E-state index in [1.165, 1.54) is 25.7 Å². The SMILES string of the molecule is CC(C)(C)[C@H](NC(=O)C(F)(F)F)C(=O)N1C[C@H]2[C@@H]([C@H]1C(=O)NC(C[C@H]1CCCNC1=O)C(=O)C(=O)NC1CC1)C2(C)C. The van der Waals surface area contributed by atoms with Crippen LogP contribution in [-0.4, -0.2) is 83.7 Å². The summed E-state index contributed by atoms with van der Waals surface area (Å²) < 4.78 is 39.3. The van der Waals surface area contributed by atoms with Crippen molar-refractivity contribution in [3.63, 3.8) is 0 Å². The van der Waals surface area contributed by atoms with Crippen LogP contribution in [-0.2, 0) is 28.8 Å². The normalized spacial score (nSPS) is 28.1. The summed E-state index contributed by atoms with van der Waals surface area (Å²) in [5.41, 5.74) is -1.49. The molecule has 2 heterocycles. The Labute approximate surface area is 242 Å². The molecule has 4 rings (SSSR count). The second-order valence-electron chi connectivity index (χ2n) is 13.7. The highest BCUT2D eigenvalue weighted by atomic mass is 19.4. The topological polar surface area (TPSA) is 154 Å². The van der Waals surface area contributed by atoms with Crippen LogP contribution in [0, 0.1) is 28.6 Å². The Morgan fingerprint density at radius 2 is 1.69 bits per heavy atom. The summed E-state index contributed by atoms with van der Waals surface area (Å²) in [6.45, 7) is 8.90. The molecule has 11 nitrogen and oxygen atoms in total. The van der Waals surface area contributed by atoms with Gasteiger partial charge in [0.1, 0.15) is 12.1 Å². The molecule has 42 heavy (non-hydrogen) atoms. The summed E-state index contributed by atoms with van der Waals surface area (Å²) in [6, 6.07) is -4.19. The fraction of sp³-hybridized carbons (Fsp3) is 0.786. The molecule has 4 fully saturated rings. The van der Waals surface area contributed by atoms with Gasteiger partial charge in [-0.3, -0.25) is 28.8 Å². The smallest absolute Gasteiger partial charge is 0.356 e. The minimum absolute atomic E-state index is 0.0782. The van der Waals surface area contributed by atoms with Crippen molar-refractivity contribution in [1.29, 1.82) is 0 Å². The van der Waals surface area contributed by atoms with Crippen LogP contribution in [0.3, 0.4) is 0 Å². The Bertz CT molecular complexity index is 1160. The van der Waals surface area contributed by atoms with Crippen LogP contribution in [0.4, 0.5) is 13.2 Å². The molecular weight excluding hydrogens is 559 g/mol. The predicted molar refractivity (Wildman–Crippen MR) is 142 cm³/mol. The largest absolute Gasteiger partial charge is 0.471 e. The van der Waals surface area contributed by atoms with Gasteiger partial charge in [0.2, 0.25) is 23.5 Å². The van der Waals surface area contributed by atoms with Gasteiger partial charge in [-0.2, -0.15) is 13.2 Å². The van der Waals surface area contributed by atoms with E-state index in [4.69, 9.17) is 0 Å². The Kier molecular flexibility index (Phi) is 8.42. The Morgan fingerprint density at radius 1 is 1.05 bits per heavy atom. The highest BCUT2D eigenvalue weighted by Gasteiger charge is 2.70. The number of nitrogens with one attached hydrogen (secondary N) is 4. The van der Waals surface area contributed by atoms with Crippen LogP contribution in [0.1, 0.15) is 66.7 Å². The van der Waals surface area contributed by atoms with Gasteiger partial charge in [0.15, 0.2) is 0 Å². The van der Waals surface area contributed by atoms with Crippen LogP contribution in [0.5, 0.6) is 0 Å². The third-order valence-electron chi connectivity index (χ3n) is 9.10. The van der Waals surface area contributed by atoms with E-state index in [1.54, 1.807) is 5.32 Å². The van der Waals surface area contributed by atoms with Crippen molar-refractivity contribution in [2.45, 2.75) is 97.1 Å². The summed E-state index contributed by atoms with van der Waals surface area (Å²) in [7, 11) is 0. The Morgan fingerprint density at radius 3 is 2.24 bits per heavy atom. The van der Waals surface area contributed by atoms with Crippen molar-refractivity contribution in [2.24, 2.45) is 28.6 Å². The summed E-state index contributed by atoms with van der Waals surface area (Å²) >= 11 is 0. The lowest BCUT2D eigenvalue weighted by molar-refractivity contribution is -0.176. The number of Topliss-reactive ketones (excluding diaryl/α,β-unsaturated/α-hetero) is 1. The third-order valence-corrected chi connectivity index (χ3v) is 9.10. The summed E-state index contributed by atoms with van der Waals surface area (Å²) in [5, 5.41) is 9.77. The Balaban J connectivity index is 1.58. The van der Waals surface area contributed by atoms with Gasteiger partial charge in [-0.25, -0.2) is 0 Å². The molecule has 4 aliphatic rings. The lowest BCUT2D eigenvalue weighted by atomic mass is 9.85. The fourth-order valence-electron chi connectivity index (χ4n) is 6.32. The maximum Gasteiger partial charge on any atom is 0.471 e. The van der Waals surface area contributed by atoms with Gasteiger partial charge in [0.25, 0.3) is 5.91 Å². The molecule has 2 saturated carbocycles. The van der Waals surface area contributed by atoms with Crippen molar-refractivity contribution in [2.75, 3.05) is 13.1 Å². The summed E-state index contributed by atoms with van der Waals surface area (Å²) in [4.78, 5) is 79.0. The van der Waals surface area contributed by atoms with Crippen LogP contribution in [0.2, 0.25) is 0 Å². The number of piperidine rings is 2. The molecule has 234 valence electrons. The maximum absolute atomic E-state index is 13.9. The van der Waals surface area contributed by atoms with Crippen molar-refractivity contribution in [1.82, 2.24) is 26.2 Å². The van der Waals surface area contributed by atoms with Crippen LogP contribution < -0.4 is 21.3 Å². The molecule has 0 aromatic rings. The lowest BCUT2D eigenvalue weighted by Crippen LogP contribution is -2.61. The van der Waals surface area contributed by atoms with E-state index in [2.05, 4.69) is 16.0 Å². The Hall–Kier alpha value is -3.19. The van der Waals surface area contributed by atoms with Gasteiger partial charge < -0.3 is 26.2 Å². The second kappa shape index (κ2) is 11.1. The first-order valence-corrected chi connectivity index (χ1v) is 14.4. The molecule has 5 amide bonds. The minimum atomic E-state index is -5.21. The van der Waals surface area contributed by atoms with Gasteiger partial charge >= 0.3 is 12.1 Å². The molecule has 2 aliphatic heterocycles. The fourth-order valence-corrected chi connectivity index (χ4v) is 6.32. The number of likely N-dealkylation sites (tertiary alicyclic amines) is 1. The molecule has 0 aromatic carbocycles. The summed E-state index contributed by atoms with van der Waals surface area (Å²) in [6.07, 6.45) is -2.72. The van der Waals surface area contributed by atoms with E-state index in [1.807, 2.05) is 13.8 Å². The first-order chi connectivity index (χ1) is 19.3. The maximum atomic E-state index is 13.9. The van der Waals surface area contributed by atoms with Crippen molar-refractivity contribution >= 4 is 35.3 Å². The lowest BCUT2D eigenvalue weighted by Gasteiger charge is -2.38. The molecule has 0 aromatic heterocycles. The van der Waals surface area contributed by atoms with Gasteiger partial charge in [0.05, 0.1) is 6.04 Å². The number of amides is 5. The number of fused-ring (bicyclic) bond motifs is 1. The van der Waals surface area contributed by atoms with Crippen molar-refractivity contribution in [3.05, 3.63) is 0 Å². The molecule has 14 heteroatoms. The zero-order chi connectivity index (χ0) is 31.4. The quantitative estimate of drug-likeness (QED) is 0.288. The highest BCUT2D eigenvalue weighted by molar-refractivity contribution is 6.38. The van der Waals surface area contributed by atoms with Gasteiger partial charge in [0, 0.05) is 25.0 Å². The number of halogens is 3. The van der Waals surface area contributed by atoms with E-state index >= 15 is 0 Å². The minimum Gasteiger partial charge on any atom is -0.356 e. The van der Waals surface area contributed by atoms with E-state index in [-0.39, 0.29) is 42.2 Å². The zero-order valence-corrected chi connectivity index (χ0v) is 24.5. The number of rotatable bonds is 9. The molecule has 0 bridgehead atoms. The summed E-state index contributed by atoms with van der Waals surface area (Å²) in [5.74, 6) is -7.00. The van der Waals surface area contributed by atoms with E-state index < -0.39 is 65.0 Å².